The van der Waals surface area contributed by atoms with Crippen LogP contribution in [0.3, 0.4) is 0 Å². The molecule has 0 saturated heterocycles. The summed E-state index contributed by atoms with van der Waals surface area (Å²) in [6.45, 7) is 4.54. The van der Waals surface area contributed by atoms with Gasteiger partial charge in [-0.1, -0.05) is 65.2 Å². The summed E-state index contributed by atoms with van der Waals surface area (Å²) >= 11 is -11.3. The van der Waals surface area contributed by atoms with Gasteiger partial charge in [0.25, 0.3) is 0 Å². The van der Waals surface area contributed by atoms with Crippen LogP contribution in [0.4, 0.5) is 18.9 Å². The molecular formula is C10H22F6W. The molecule has 0 spiro atoms. The van der Waals surface area contributed by atoms with Gasteiger partial charge in [0.05, 0.1) is 0 Å². The molecule has 0 aromatic rings. The van der Waals surface area contributed by atoms with Crippen LogP contribution in [0.1, 0.15) is 65.2 Å². The van der Waals surface area contributed by atoms with Gasteiger partial charge in [-0.15, -0.1) is 0 Å². The minimum atomic E-state index is -11.3. The van der Waals surface area contributed by atoms with Crippen molar-refractivity contribution in [2.45, 2.75) is 65.2 Å². The molecule has 0 bridgehead atoms. The molecule has 0 aliphatic carbocycles. The standard InChI is InChI=1S/C10H22.6FH.W/c1-3-5-7-9-10-8-6-4-2;;;;;;;/h3-10H2,1-2H3;6*1H;/q;;;;;;;+6/p-6. The third-order valence-electron chi connectivity index (χ3n) is 1.96. The van der Waals surface area contributed by atoms with Crippen molar-refractivity contribution in [3.05, 3.63) is 0 Å². The molecule has 0 fully saturated rings. The molecule has 0 amide bonds. The number of halogens is 6. The summed E-state index contributed by atoms with van der Waals surface area (Å²) in [7, 11) is 0. The van der Waals surface area contributed by atoms with Crippen LogP contribution in [0.15, 0.2) is 0 Å². The maximum absolute atomic E-state index is 11.3. The Morgan fingerprint density at radius 3 is 0.882 bits per heavy atom. The molecule has 0 nitrogen and oxygen atoms in total. The predicted octanol–water partition coefficient (Wildman–Crippen LogP) is 6.67. The molecule has 0 atom stereocenters. The summed E-state index contributed by atoms with van der Waals surface area (Å²) in [6, 6.07) is 0. The minimum absolute atomic E-state index is 1.37. The van der Waals surface area contributed by atoms with Gasteiger partial charge >= 0.3 is 35.7 Å². The van der Waals surface area contributed by atoms with E-state index in [1.807, 2.05) is 0 Å². The van der Waals surface area contributed by atoms with Gasteiger partial charge in [-0.05, 0) is 0 Å². The Morgan fingerprint density at radius 1 is 0.529 bits per heavy atom. The van der Waals surface area contributed by atoms with Crippen LogP contribution in [0.2, 0.25) is 0 Å². The molecule has 0 aromatic carbocycles. The first kappa shape index (κ1) is 19.6. The van der Waals surface area contributed by atoms with Gasteiger partial charge < -0.3 is 0 Å². The van der Waals surface area contributed by atoms with Gasteiger partial charge in [0.2, 0.25) is 0 Å². The van der Waals surface area contributed by atoms with Crippen molar-refractivity contribution in [2.24, 2.45) is 0 Å². The van der Waals surface area contributed by atoms with Gasteiger partial charge in [-0.25, -0.2) is 0 Å². The van der Waals surface area contributed by atoms with Crippen LogP contribution in [-0.2, 0) is 16.7 Å². The number of rotatable bonds is 7. The van der Waals surface area contributed by atoms with Gasteiger partial charge in [-0.2, -0.15) is 0 Å². The summed E-state index contributed by atoms with van der Waals surface area (Å²) in [5.41, 5.74) is 0. The fourth-order valence-corrected chi connectivity index (χ4v) is 1.21. The normalized spacial score (nSPS) is 15.5. The van der Waals surface area contributed by atoms with E-state index in [0.717, 1.165) is 0 Å². The fourth-order valence-electron chi connectivity index (χ4n) is 1.21. The first-order valence-corrected chi connectivity index (χ1v) is 12.5. The molecule has 0 radical (unpaired) electrons. The average molecular weight is 440 g/mol. The van der Waals surface area contributed by atoms with Gasteiger partial charge in [-0.3, -0.25) is 0 Å². The summed E-state index contributed by atoms with van der Waals surface area (Å²) in [5, 5.41) is 0. The molecule has 0 rings (SSSR count). The summed E-state index contributed by atoms with van der Waals surface area (Å²) in [4.78, 5) is 0. The van der Waals surface area contributed by atoms with Crippen LogP contribution < -0.4 is 0 Å². The zero-order valence-corrected chi connectivity index (χ0v) is 13.3. The predicted molar refractivity (Wildman–Crippen MR) is 54.9 cm³/mol. The SMILES string of the molecule is CCCCCCCCCC.[F][W]([F])([F])([F])([F])[F]. The topological polar surface area (TPSA) is 0 Å². The van der Waals surface area contributed by atoms with Gasteiger partial charge in [0.1, 0.15) is 0 Å². The molecule has 17 heavy (non-hydrogen) atoms. The van der Waals surface area contributed by atoms with Gasteiger partial charge in [0.15, 0.2) is 0 Å². The maximum atomic E-state index is 9.93. The molecule has 0 unspecified atom stereocenters. The van der Waals surface area contributed by atoms with E-state index in [2.05, 4.69) is 13.8 Å². The van der Waals surface area contributed by atoms with E-state index in [9.17, 15) is 18.9 Å². The van der Waals surface area contributed by atoms with Crippen molar-refractivity contribution in [3.8, 4) is 0 Å². The number of hydrogen-bond acceptors (Lipinski definition) is 0. The van der Waals surface area contributed by atoms with E-state index in [-0.39, 0.29) is 0 Å². The molecule has 0 aliphatic heterocycles. The third kappa shape index (κ3) is 62.7. The zero-order valence-electron chi connectivity index (χ0n) is 10.3. The summed E-state index contributed by atoms with van der Waals surface area (Å²) in [5.74, 6) is 0. The zero-order chi connectivity index (χ0) is 14.1. The Kier molecular flexibility index (Phi) is 8.08. The van der Waals surface area contributed by atoms with Crippen LogP contribution in [0.5, 0.6) is 0 Å². The second-order valence-corrected chi connectivity index (χ2v) is 10.3. The van der Waals surface area contributed by atoms with Crippen molar-refractivity contribution >= 4 is 0 Å². The summed E-state index contributed by atoms with van der Waals surface area (Å²) in [6.07, 6.45) is 11.5. The average Bonchev–Trinajstić information content (AvgIpc) is 2.06. The number of hydrogen-bond donors (Lipinski definition) is 0. The second kappa shape index (κ2) is 7.00. The van der Waals surface area contributed by atoms with Crippen LogP contribution in [0.25, 0.3) is 0 Å². The molecule has 7 heteroatoms. The molecule has 0 aromatic heterocycles. The molecule has 0 aliphatic rings. The van der Waals surface area contributed by atoms with Crippen molar-refractivity contribution in [1.29, 1.82) is 0 Å². The van der Waals surface area contributed by atoms with E-state index >= 15 is 0 Å². The Bertz CT molecular complexity index is 162. The van der Waals surface area contributed by atoms with Crippen molar-refractivity contribution in [1.82, 2.24) is 0 Å². The van der Waals surface area contributed by atoms with E-state index in [1.54, 1.807) is 0 Å². The Balaban J connectivity index is 0. The van der Waals surface area contributed by atoms with Gasteiger partial charge in [0, 0.05) is 0 Å². The van der Waals surface area contributed by atoms with Crippen molar-refractivity contribution < 1.29 is 35.7 Å². The molecular weight excluding hydrogens is 418 g/mol. The molecule has 110 valence electrons. The van der Waals surface area contributed by atoms with Crippen molar-refractivity contribution in [3.63, 3.8) is 0 Å². The second-order valence-electron chi connectivity index (χ2n) is 4.00. The Labute approximate surface area is 101 Å². The third-order valence-corrected chi connectivity index (χ3v) is 1.96. The van der Waals surface area contributed by atoms with Crippen LogP contribution in [0, 0.1) is 0 Å². The van der Waals surface area contributed by atoms with E-state index < -0.39 is 16.7 Å². The van der Waals surface area contributed by atoms with Crippen LogP contribution in [-0.4, -0.2) is 0 Å². The van der Waals surface area contributed by atoms with Crippen molar-refractivity contribution in [2.75, 3.05) is 0 Å². The molecule has 0 heterocycles. The molecule has 0 N–H and O–H groups in total. The van der Waals surface area contributed by atoms with E-state index in [1.165, 1.54) is 51.4 Å². The first-order valence-electron chi connectivity index (χ1n) is 5.84. The quantitative estimate of drug-likeness (QED) is 0.307. The monoisotopic (exact) mass is 440 g/mol. The Morgan fingerprint density at radius 2 is 0.706 bits per heavy atom. The van der Waals surface area contributed by atoms with Crippen LogP contribution >= 0.6 is 0 Å². The van der Waals surface area contributed by atoms with E-state index in [0.29, 0.717) is 0 Å². The fraction of sp³-hybridized carbons (Fsp3) is 1.00. The molecule has 0 saturated carbocycles. The Hall–Kier alpha value is 0.268. The van der Waals surface area contributed by atoms with E-state index in [4.69, 9.17) is 0 Å². The summed E-state index contributed by atoms with van der Waals surface area (Å²) < 4.78 is 59.6. The first-order chi connectivity index (χ1) is 7.36. The number of unbranched alkanes of at least 4 members (excludes halogenated alkanes) is 7.